The van der Waals surface area contributed by atoms with E-state index in [9.17, 15) is 5.11 Å². The van der Waals surface area contributed by atoms with Crippen molar-refractivity contribution < 1.29 is 5.11 Å². The Kier molecular flexibility index (Phi) is 2.49. The zero-order valence-electron chi connectivity index (χ0n) is 11.8. The largest absolute Gasteiger partial charge is 0.508 e. The summed E-state index contributed by atoms with van der Waals surface area (Å²) in [6.07, 6.45) is 16.9. The first kappa shape index (κ1) is 11.8. The van der Waals surface area contributed by atoms with Crippen molar-refractivity contribution in [1.29, 1.82) is 0 Å². The van der Waals surface area contributed by atoms with Crippen molar-refractivity contribution in [1.82, 2.24) is 0 Å². The molecule has 0 aromatic carbocycles. The normalized spacial score (nSPS) is 47.8. The van der Waals surface area contributed by atoms with Gasteiger partial charge in [0.05, 0.1) is 0 Å². The van der Waals surface area contributed by atoms with E-state index in [0.717, 1.165) is 17.8 Å². The molecule has 0 bridgehead atoms. The molecule has 0 amide bonds. The van der Waals surface area contributed by atoms with Gasteiger partial charge in [-0.2, -0.15) is 0 Å². The molecular weight excluding hydrogens is 232 g/mol. The van der Waals surface area contributed by atoms with E-state index in [-0.39, 0.29) is 0 Å². The lowest BCUT2D eigenvalue weighted by Crippen LogP contribution is -2.43. The first-order chi connectivity index (χ1) is 9.19. The van der Waals surface area contributed by atoms with Crippen LogP contribution in [0.2, 0.25) is 0 Å². The van der Waals surface area contributed by atoms with Gasteiger partial charge in [0.15, 0.2) is 0 Å². The topological polar surface area (TPSA) is 20.2 Å². The molecule has 102 valence electrons. The van der Waals surface area contributed by atoms with Crippen LogP contribution in [0.25, 0.3) is 0 Å². The van der Waals surface area contributed by atoms with Crippen LogP contribution in [-0.4, -0.2) is 5.11 Å². The van der Waals surface area contributed by atoms with E-state index in [1.165, 1.54) is 44.1 Å². The molecule has 1 nitrogen and oxygen atoms in total. The number of aliphatic hydroxyl groups is 1. The summed E-state index contributed by atoms with van der Waals surface area (Å²) in [7, 11) is 0. The minimum Gasteiger partial charge on any atom is -0.508 e. The smallest absolute Gasteiger partial charge is 0.119 e. The third-order valence-electron chi connectivity index (χ3n) is 6.57. The van der Waals surface area contributed by atoms with E-state index in [1.807, 2.05) is 6.08 Å². The van der Waals surface area contributed by atoms with Gasteiger partial charge in [-0.05, 0) is 66.9 Å². The van der Waals surface area contributed by atoms with Crippen molar-refractivity contribution in [2.45, 2.75) is 45.4 Å². The molecular formula is C18H24O. The van der Waals surface area contributed by atoms with Gasteiger partial charge in [0, 0.05) is 5.92 Å². The van der Waals surface area contributed by atoms with Crippen molar-refractivity contribution >= 4 is 0 Å². The SMILES string of the molecule is C[C@@]12CCC[C@H]1[C@@H]1CC=C3C(O)=CC=C[C@@H]3[C@H]1CC2. The Bertz CT molecular complexity index is 484. The van der Waals surface area contributed by atoms with Gasteiger partial charge in [-0.15, -0.1) is 0 Å². The van der Waals surface area contributed by atoms with E-state index < -0.39 is 0 Å². The Hall–Kier alpha value is -0.980. The quantitative estimate of drug-likeness (QED) is 0.661. The summed E-state index contributed by atoms with van der Waals surface area (Å²) in [5.41, 5.74) is 1.84. The maximum Gasteiger partial charge on any atom is 0.119 e. The number of hydrogen-bond donors (Lipinski definition) is 1. The highest BCUT2D eigenvalue weighted by Gasteiger charge is 2.51. The van der Waals surface area contributed by atoms with Crippen LogP contribution in [0.1, 0.15) is 45.4 Å². The third kappa shape index (κ3) is 1.60. The van der Waals surface area contributed by atoms with Gasteiger partial charge in [0.25, 0.3) is 0 Å². The van der Waals surface area contributed by atoms with Crippen molar-refractivity contribution in [2.75, 3.05) is 0 Å². The van der Waals surface area contributed by atoms with Crippen molar-refractivity contribution in [3.8, 4) is 0 Å². The van der Waals surface area contributed by atoms with Crippen LogP contribution >= 0.6 is 0 Å². The van der Waals surface area contributed by atoms with E-state index in [4.69, 9.17) is 0 Å². The average Bonchev–Trinajstić information content (AvgIpc) is 2.80. The highest BCUT2D eigenvalue weighted by Crippen LogP contribution is 2.60. The predicted octanol–water partition coefficient (Wildman–Crippen LogP) is 4.78. The Morgan fingerprint density at radius 3 is 3.00 bits per heavy atom. The van der Waals surface area contributed by atoms with Crippen molar-refractivity contribution in [2.24, 2.45) is 29.1 Å². The van der Waals surface area contributed by atoms with Gasteiger partial charge in [-0.25, -0.2) is 0 Å². The second-order valence-electron chi connectivity index (χ2n) is 7.38. The number of rotatable bonds is 0. The molecule has 1 heteroatoms. The summed E-state index contributed by atoms with van der Waals surface area (Å²) in [5, 5.41) is 10.1. The molecule has 0 aliphatic heterocycles. The summed E-state index contributed by atoms with van der Waals surface area (Å²) in [6, 6.07) is 0. The second-order valence-corrected chi connectivity index (χ2v) is 7.38. The molecule has 0 aromatic heterocycles. The van der Waals surface area contributed by atoms with E-state index >= 15 is 0 Å². The Balaban J connectivity index is 1.70. The highest BCUT2D eigenvalue weighted by molar-refractivity contribution is 5.40. The third-order valence-corrected chi connectivity index (χ3v) is 6.57. The van der Waals surface area contributed by atoms with Crippen LogP contribution < -0.4 is 0 Å². The maximum atomic E-state index is 10.1. The number of fused-ring (bicyclic) bond motifs is 5. The summed E-state index contributed by atoms with van der Waals surface area (Å²) in [6.45, 7) is 2.54. The lowest BCUT2D eigenvalue weighted by atomic mass is 9.54. The Labute approximate surface area is 116 Å². The molecule has 4 aliphatic rings. The Morgan fingerprint density at radius 1 is 1.21 bits per heavy atom. The molecule has 0 saturated heterocycles. The zero-order valence-corrected chi connectivity index (χ0v) is 11.8. The maximum absolute atomic E-state index is 10.1. The molecule has 0 unspecified atom stereocenters. The summed E-state index contributed by atoms with van der Waals surface area (Å²) >= 11 is 0. The van der Waals surface area contributed by atoms with Gasteiger partial charge < -0.3 is 5.11 Å². The van der Waals surface area contributed by atoms with Crippen molar-refractivity contribution in [3.63, 3.8) is 0 Å². The molecule has 4 aliphatic carbocycles. The van der Waals surface area contributed by atoms with Crippen LogP contribution in [0, 0.1) is 29.1 Å². The molecule has 1 N–H and O–H groups in total. The Morgan fingerprint density at radius 2 is 2.11 bits per heavy atom. The van der Waals surface area contributed by atoms with Crippen LogP contribution in [0.3, 0.4) is 0 Å². The highest BCUT2D eigenvalue weighted by atomic mass is 16.3. The molecule has 0 aromatic rings. The monoisotopic (exact) mass is 256 g/mol. The fraction of sp³-hybridized carbons (Fsp3) is 0.667. The standard InChI is InChI=1S/C18H24O/c1-18-10-3-5-16(18)14-7-8-15-12(13(14)9-11-18)4-2-6-17(15)19/h2,4,6,8,12-14,16,19H,3,5,7,9-11H2,1H3/t12-,13-,14-,16+,18+/m1/s1. The number of allylic oxidation sites excluding steroid dienone is 5. The number of hydrogen-bond acceptors (Lipinski definition) is 1. The second kappa shape index (κ2) is 4.01. The molecule has 0 spiro atoms. The van der Waals surface area contributed by atoms with Crippen LogP contribution in [0.15, 0.2) is 35.6 Å². The minimum absolute atomic E-state index is 0.494. The molecule has 2 saturated carbocycles. The summed E-state index contributed by atoms with van der Waals surface area (Å²) in [4.78, 5) is 0. The lowest BCUT2D eigenvalue weighted by molar-refractivity contribution is 0.0233. The van der Waals surface area contributed by atoms with Gasteiger partial charge in [-0.3, -0.25) is 0 Å². The van der Waals surface area contributed by atoms with E-state index in [0.29, 0.717) is 17.1 Å². The summed E-state index contributed by atoms with van der Waals surface area (Å²) in [5.74, 6) is 3.60. The first-order valence-corrected chi connectivity index (χ1v) is 7.97. The molecule has 2 fully saturated rings. The average molecular weight is 256 g/mol. The number of aliphatic hydroxyl groups excluding tert-OH is 1. The predicted molar refractivity (Wildman–Crippen MR) is 77.7 cm³/mol. The van der Waals surface area contributed by atoms with E-state index in [2.05, 4.69) is 25.2 Å². The molecule has 5 atom stereocenters. The zero-order chi connectivity index (χ0) is 13.0. The molecule has 0 heterocycles. The van der Waals surface area contributed by atoms with Crippen LogP contribution in [0.5, 0.6) is 0 Å². The van der Waals surface area contributed by atoms with Gasteiger partial charge in [0.1, 0.15) is 5.76 Å². The van der Waals surface area contributed by atoms with Crippen LogP contribution in [-0.2, 0) is 0 Å². The molecule has 0 radical (unpaired) electrons. The van der Waals surface area contributed by atoms with Gasteiger partial charge >= 0.3 is 0 Å². The lowest BCUT2D eigenvalue weighted by Gasteiger charge is -2.50. The van der Waals surface area contributed by atoms with Crippen molar-refractivity contribution in [3.05, 3.63) is 35.6 Å². The fourth-order valence-electron chi connectivity index (χ4n) is 5.61. The van der Waals surface area contributed by atoms with Crippen LogP contribution in [0.4, 0.5) is 0 Å². The summed E-state index contributed by atoms with van der Waals surface area (Å²) < 4.78 is 0. The first-order valence-electron chi connectivity index (χ1n) is 7.97. The minimum atomic E-state index is 0.494. The van der Waals surface area contributed by atoms with Gasteiger partial charge in [0.2, 0.25) is 0 Å². The van der Waals surface area contributed by atoms with Gasteiger partial charge in [-0.1, -0.05) is 31.6 Å². The fourth-order valence-corrected chi connectivity index (χ4v) is 5.61. The van der Waals surface area contributed by atoms with E-state index in [1.54, 1.807) is 0 Å². The molecule has 4 rings (SSSR count). The molecule has 19 heavy (non-hydrogen) atoms.